The van der Waals surface area contributed by atoms with E-state index in [0.29, 0.717) is 0 Å². The number of anilines is 1. The van der Waals surface area contributed by atoms with Gasteiger partial charge in [0.15, 0.2) is 0 Å². The molecule has 5 heteroatoms. The molecule has 0 amide bonds. The summed E-state index contributed by atoms with van der Waals surface area (Å²) in [6.07, 6.45) is 4.48. The molecule has 0 aromatic carbocycles. The van der Waals surface area contributed by atoms with E-state index >= 15 is 0 Å². The molecule has 1 saturated heterocycles. The summed E-state index contributed by atoms with van der Waals surface area (Å²) in [4.78, 5) is 9.24. The van der Waals surface area contributed by atoms with Crippen molar-refractivity contribution in [2.75, 3.05) is 31.1 Å². The number of hydrogen-bond donors (Lipinski definition) is 2. The van der Waals surface area contributed by atoms with E-state index in [1.165, 1.54) is 12.8 Å². The van der Waals surface area contributed by atoms with Crippen LogP contribution in [-0.2, 0) is 0 Å². The van der Waals surface area contributed by atoms with E-state index in [1.807, 2.05) is 6.07 Å². The summed E-state index contributed by atoms with van der Waals surface area (Å²) in [5, 5.41) is 7.47. The summed E-state index contributed by atoms with van der Waals surface area (Å²) in [5.74, 6) is 1.05. The Labute approximate surface area is 107 Å². The van der Waals surface area contributed by atoms with E-state index in [2.05, 4.69) is 14.8 Å². The first-order chi connectivity index (χ1) is 8.74. The number of nitrogens with two attached hydrogens (primary N) is 1. The van der Waals surface area contributed by atoms with Crippen LogP contribution in [0.3, 0.4) is 0 Å². The zero-order valence-corrected chi connectivity index (χ0v) is 10.5. The summed E-state index contributed by atoms with van der Waals surface area (Å²) in [6, 6.07) is 4.55. The van der Waals surface area contributed by atoms with Crippen LogP contribution in [0, 0.1) is 5.41 Å². The number of aromatic nitrogens is 1. The van der Waals surface area contributed by atoms with Crippen LogP contribution in [0.5, 0.6) is 0 Å². The molecule has 3 N–H and O–H groups in total. The van der Waals surface area contributed by atoms with Gasteiger partial charge in [0.05, 0.1) is 0 Å². The normalized spacial score (nSPS) is 21.0. The smallest absolute Gasteiger partial charge is 0.129 e. The highest BCUT2D eigenvalue weighted by molar-refractivity contribution is 5.95. The largest absolute Gasteiger partial charge is 0.384 e. The highest BCUT2D eigenvalue weighted by Gasteiger charge is 2.31. The quantitative estimate of drug-likeness (QED) is 0.606. The maximum atomic E-state index is 7.47. The van der Waals surface area contributed by atoms with Crippen molar-refractivity contribution in [2.45, 2.75) is 18.9 Å². The molecular weight excluding hydrogens is 226 g/mol. The predicted octanol–water partition coefficient (Wildman–Crippen LogP) is 0.650. The van der Waals surface area contributed by atoms with Gasteiger partial charge in [-0.2, -0.15) is 0 Å². The SMILES string of the molecule is N=C(N)c1ccnc(N2CCN(C3CC3)CC2)c1. The Hall–Kier alpha value is -1.62. The second-order valence-corrected chi connectivity index (χ2v) is 5.07. The van der Waals surface area contributed by atoms with Gasteiger partial charge in [0.25, 0.3) is 0 Å². The third-order valence-corrected chi connectivity index (χ3v) is 3.76. The lowest BCUT2D eigenvalue weighted by Gasteiger charge is -2.35. The number of amidine groups is 1. The van der Waals surface area contributed by atoms with Crippen molar-refractivity contribution in [1.82, 2.24) is 9.88 Å². The fourth-order valence-corrected chi connectivity index (χ4v) is 2.51. The van der Waals surface area contributed by atoms with Crippen LogP contribution >= 0.6 is 0 Å². The lowest BCUT2D eigenvalue weighted by atomic mass is 10.2. The molecule has 1 aliphatic heterocycles. The average molecular weight is 245 g/mol. The lowest BCUT2D eigenvalue weighted by molar-refractivity contribution is 0.247. The molecular formula is C13H19N5. The molecule has 1 aromatic heterocycles. The molecule has 0 atom stereocenters. The summed E-state index contributed by atoms with van der Waals surface area (Å²) >= 11 is 0. The fraction of sp³-hybridized carbons (Fsp3) is 0.538. The molecule has 1 aliphatic carbocycles. The number of pyridine rings is 1. The number of nitrogen functional groups attached to an aromatic ring is 1. The predicted molar refractivity (Wildman–Crippen MR) is 72.1 cm³/mol. The van der Waals surface area contributed by atoms with Crippen LogP contribution in [0.25, 0.3) is 0 Å². The van der Waals surface area contributed by atoms with Crippen molar-refractivity contribution in [3.63, 3.8) is 0 Å². The zero-order valence-electron chi connectivity index (χ0n) is 10.5. The van der Waals surface area contributed by atoms with Crippen LogP contribution in [0.1, 0.15) is 18.4 Å². The molecule has 1 saturated carbocycles. The van der Waals surface area contributed by atoms with Gasteiger partial charge in [0, 0.05) is 44.0 Å². The Morgan fingerprint density at radius 3 is 2.61 bits per heavy atom. The monoisotopic (exact) mass is 245 g/mol. The minimum atomic E-state index is 0.107. The number of piperazine rings is 1. The Morgan fingerprint density at radius 1 is 1.28 bits per heavy atom. The highest BCUT2D eigenvalue weighted by Crippen LogP contribution is 2.28. The first kappa shape index (κ1) is 11.5. The van der Waals surface area contributed by atoms with E-state index in [1.54, 1.807) is 12.3 Å². The van der Waals surface area contributed by atoms with Crippen molar-refractivity contribution in [3.05, 3.63) is 23.9 Å². The van der Waals surface area contributed by atoms with E-state index in [4.69, 9.17) is 11.1 Å². The van der Waals surface area contributed by atoms with Gasteiger partial charge in [-0.05, 0) is 25.0 Å². The fourth-order valence-electron chi connectivity index (χ4n) is 2.51. The number of rotatable bonds is 3. The number of hydrogen-bond acceptors (Lipinski definition) is 4. The van der Waals surface area contributed by atoms with Gasteiger partial charge < -0.3 is 10.6 Å². The van der Waals surface area contributed by atoms with Gasteiger partial charge in [-0.3, -0.25) is 10.3 Å². The van der Waals surface area contributed by atoms with Crippen molar-refractivity contribution >= 4 is 11.7 Å². The molecule has 0 spiro atoms. The molecule has 2 aliphatic rings. The van der Waals surface area contributed by atoms with Crippen molar-refractivity contribution in [2.24, 2.45) is 5.73 Å². The molecule has 2 heterocycles. The van der Waals surface area contributed by atoms with Crippen LogP contribution < -0.4 is 10.6 Å². The van der Waals surface area contributed by atoms with Crippen LogP contribution in [0.4, 0.5) is 5.82 Å². The van der Waals surface area contributed by atoms with E-state index < -0.39 is 0 Å². The zero-order chi connectivity index (χ0) is 12.5. The Kier molecular flexibility index (Phi) is 2.91. The van der Waals surface area contributed by atoms with Crippen LogP contribution in [0.2, 0.25) is 0 Å². The van der Waals surface area contributed by atoms with Crippen molar-refractivity contribution in [3.8, 4) is 0 Å². The highest BCUT2D eigenvalue weighted by atomic mass is 15.3. The molecule has 0 unspecified atom stereocenters. The second-order valence-electron chi connectivity index (χ2n) is 5.07. The minimum Gasteiger partial charge on any atom is -0.384 e. The maximum Gasteiger partial charge on any atom is 0.129 e. The van der Waals surface area contributed by atoms with Gasteiger partial charge in [-0.25, -0.2) is 4.98 Å². The third-order valence-electron chi connectivity index (χ3n) is 3.76. The molecule has 3 rings (SSSR count). The summed E-state index contributed by atoms with van der Waals surface area (Å²) in [7, 11) is 0. The minimum absolute atomic E-state index is 0.107. The van der Waals surface area contributed by atoms with Crippen LogP contribution in [-0.4, -0.2) is 47.9 Å². The first-order valence-electron chi connectivity index (χ1n) is 6.53. The Morgan fingerprint density at radius 2 is 2.00 bits per heavy atom. The lowest BCUT2D eigenvalue weighted by Crippen LogP contribution is -2.47. The summed E-state index contributed by atoms with van der Waals surface area (Å²) < 4.78 is 0. The standard InChI is InChI=1S/C13H19N5/c14-13(15)10-3-4-16-12(9-10)18-7-5-17(6-8-18)11-1-2-11/h3-4,9,11H,1-2,5-8H2,(H3,14,15). The van der Waals surface area contributed by atoms with E-state index in [9.17, 15) is 0 Å². The molecule has 2 fully saturated rings. The third kappa shape index (κ3) is 2.31. The average Bonchev–Trinajstić information content (AvgIpc) is 3.23. The maximum absolute atomic E-state index is 7.47. The van der Waals surface area contributed by atoms with E-state index in [0.717, 1.165) is 43.6 Å². The Bertz CT molecular complexity index is 446. The van der Waals surface area contributed by atoms with E-state index in [-0.39, 0.29) is 5.84 Å². The van der Waals surface area contributed by atoms with Gasteiger partial charge in [0.1, 0.15) is 11.7 Å². The van der Waals surface area contributed by atoms with Gasteiger partial charge in [0.2, 0.25) is 0 Å². The van der Waals surface area contributed by atoms with Crippen molar-refractivity contribution in [1.29, 1.82) is 5.41 Å². The molecule has 18 heavy (non-hydrogen) atoms. The summed E-state index contributed by atoms with van der Waals surface area (Å²) in [5.41, 5.74) is 6.27. The molecule has 1 aromatic rings. The molecule has 5 nitrogen and oxygen atoms in total. The van der Waals surface area contributed by atoms with Gasteiger partial charge in [-0.15, -0.1) is 0 Å². The number of nitrogens with zero attached hydrogens (tertiary/aromatic N) is 3. The number of nitrogens with one attached hydrogen (secondary N) is 1. The Balaban J connectivity index is 1.67. The topological polar surface area (TPSA) is 69.2 Å². The first-order valence-corrected chi connectivity index (χ1v) is 6.53. The molecule has 96 valence electrons. The second kappa shape index (κ2) is 4.57. The van der Waals surface area contributed by atoms with Crippen LogP contribution in [0.15, 0.2) is 18.3 Å². The molecule has 0 radical (unpaired) electrons. The molecule has 0 bridgehead atoms. The van der Waals surface area contributed by atoms with Gasteiger partial charge >= 0.3 is 0 Å². The van der Waals surface area contributed by atoms with Gasteiger partial charge in [-0.1, -0.05) is 0 Å². The summed E-state index contributed by atoms with van der Waals surface area (Å²) in [6.45, 7) is 4.28. The van der Waals surface area contributed by atoms with Crippen molar-refractivity contribution < 1.29 is 0 Å².